The molecule has 0 radical (unpaired) electrons. The number of fused-ring (bicyclic) bond motifs is 1. The maximum Gasteiger partial charge on any atom is 0.129 e. The molecule has 0 saturated heterocycles. The molecule has 0 amide bonds. The Morgan fingerprint density at radius 1 is 1.15 bits per heavy atom. The Labute approximate surface area is 118 Å². The lowest BCUT2D eigenvalue weighted by Crippen LogP contribution is -2.43. The van der Waals surface area contributed by atoms with Crippen LogP contribution in [0.15, 0.2) is 48.5 Å². The number of rotatable bonds is 2. The van der Waals surface area contributed by atoms with Crippen LogP contribution in [0, 0.1) is 5.82 Å². The second-order valence-corrected chi connectivity index (χ2v) is 5.46. The summed E-state index contributed by atoms with van der Waals surface area (Å²) in [5.41, 5.74) is 1.30. The second kappa shape index (κ2) is 5.00. The molecule has 1 aliphatic heterocycles. The lowest BCUT2D eigenvalue weighted by atomic mass is 9.80. The molecule has 1 aliphatic rings. The minimum Gasteiger partial charge on any atom is -0.383 e. The van der Waals surface area contributed by atoms with Gasteiger partial charge in [-0.05, 0) is 37.1 Å². The van der Waals surface area contributed by atoms with Crippen molar-refractivity contribution in [1.82, 2.24) is 5.32 Å². The molecule has 2 atom stereocenters. The Balaban J connectivity index is 2.07. The molecule has 0 fully saturated rings. The van der Waals surface area contributed by atoms with Gasteiger partial charge in [0.25, 0.3) is 0 Å². The third-order valence-electron chi connectivity index (χ3n) is 4.09. The Kier molecular flexibility index (Phi) is 3.32. The summed E-state index contributed by atoms with van der Waals surface area (Å²) in [6, 6.07) is 14.1. The van der Waals surface area contributed by atoms with Gasteiger partial charge in [-0.15, -0.1) is 0 Å². The van der Waals surface area contributed by atoms with E-state index in [1.807, 2.05) is 18.2 Å². The van der Waals surface area contributed by atoms with Gasteiger partial charge in [0.05, 0.1) is 6.04 Å². The van der Waals surface area contributed by atoms with Crippen LogP contribution in [-0.4, -0.2) is 11.7 Å². The predicted molar refractivity (Wildman–Crippen MR) is 76.9 cm³/mol. The summed E-state index contributed by atoms with van der Waals surface area (Å²) in [7, 11) is 0. The van der Waals surface area contributed by atoms with Gasteiger partial charge < -0.3 is 10.4 Å². The van der Waals surface area contributed by atoms with Gasteiger partial charge in [-0.25, -0.2) is 4.39 Å². The summed E-state index contributed by atoms with van der Waals surface area (Å²) in [5, 5.41) is 14.3. The van der Waals surface area contributed by atoms with E-state index in [1.54, 1.807) is 25.1 Å². The van der Waals surface area contributed by atoms with Crippen LogP contribution in [0.4, 0.5) is 4.39 Å². The number of hydrogen-bond acceptors (Lipinski definition) is 2. The lowest BCUT2D eigenvalue weighted by molar-refractivity contribution is 0.00861. The van der Waals surface area contributed by atoms with Crippen molar-refractivity contribution in [2.45, 2.75) is 25.0 Å². The number of nitrogens with one attached hydrogen (secondary N) is 1. The first-order valence-corrected chi connectivity index (χ1v) is 6.89. The Morgan fingerprint density at radius 2 is 1.85 bits per heavy atom. The highest BCUT2D eigenvalue weighted by atomic mass is 19.1. The molecule has 0 saturated carbocycles. The summed E-state index contributed by atoms with van der Waals surface area (Å²) in [4.78, 5) is 0. The second-order valence-electron chi connectivity index (χ2n) is 5.46. The monoisotopic (exact) mass is 271 g/mol. The number of benzene rings is 2. The molecule has 3 heteroatoms. The zero-order valence-electron chi connectivity index (χ0n) is 11.4. The Hall–Kier alpha value is -1.71. The minimum atomic E-state index is -1.29. The van der Waals surface area contributed by atoms with Gasteiger partial charge in [0.1, 0.15) is 11.4 Å². The van der Waals surface area contributed by atoms with Gasteiger partial charge in [-0.3, -0.25) is 0 Å². The highest BCUT2D eigenvalue weighted by Crippen LogP contribution is 2.38. The molecule has 2 N–H and O–H groups in total. The molecular weight excluding hydrogens is 253 g/mol. The van der Waals surface area contributed by atoms with Crippen LogP contribution in [0.5, 0.6) is 0 Å². The summed E-state index contributed by atoms with van der Waals surface area (Å²) >= 11 is 0. The molecule has 20 heavy (non-hydrogen) atoms. The van der Waals surface area contributed by atoms with Crippen molar-refractivity contribution in [2.24, 2.45) is 0 Å². The van der Waals surface area contributed by atoms with Crippen molar-refractivity contribution in [3.8, 4) is 0 Å². The average Bonchev–Trinajstić information content (AvgIpc) is 2.47. The van der Waals surface area contributed by atoms with E-state index in [0.717, 1.165) is 18.5 Å². The molecule has 0 bridgehead atoms. The first kappa shape index (κ1) is 13.3. The van der Waals surface area contributed by atoms with Crippen LogP contribution in [-0.2, 0) is 12.0 Å². The average molecular weight is 271 g/mol. The largest absolute Gasteiger partial charge is 0.383 e. The van der Waals surface area contributed by atoms with Crippen LogP contribution in [0.3, 0.4) is 0 Å². The molecule has 2 unspecified atom stereocenters. The molecule has 2 aromatic carbocycles. The van der Waals surface area contributed by atoms with E-state index >= 15 is 0 Å². The van der Waals surface area contributed by atoms with Crippen LogP contribution < -0.4 is 5.32 Å². The Morgan fingerprint density at radius 3 is 2.65 bits per heavy atom. The summed E-state index contributed by atoms with van der Waals surface area (Å²) in [5.74, 6) is -0.373. The first-order valence-electron chi connectivity index (χ1n) is 6.89. The first-order chi connectivity index (χ1) is 9.60. The van der Waals surface area contributed by atoms with Gasteiger partial charge in [0, 0.05) is 5.56 Å². The smallest absolute Gasteiger partial charge is 0.129 e. The number of halogens is 1. The van der Waals surface area contributed by atoms with E-state index in [0.29, 0.717) is 5.56 Å². The predicted octanol–water partition coefficient (Wildman–Crippen LogP) is 2.92. The van der Waals surface area contributed by atoms with E-state index in [9.17, 15) is 9.50 Å². The molecule has 0 aliphatic carbocycles. The molecule has 1 heterocycles. The van der Waals surface area contributed by atoms with Crippen molar-refractivity contribution in [3.05, 3.63) is 71.0 Å². The summed E-state index contributed by atoms with van der Waals surface area (Å²) < 4.78 is 14.0. The molecule has 2 nitrogen and oxygen atoms in total. The molecule has 2 aromatic rings. The van der Waals surface area contributed by atoms with E-state index in [2.05, 4.69) is 11.4 Å². The molecule has 3 rings (SSSR count). The quantitative estimate of drug-likeness (QED) is 0.880. The van der Waals surface area contributed by atoms with Crippen molar-refractivity contribution in [1.29, 1.82) is 0 Å². The highest BCUT2D eigenvalue weighted by molar-refractivity contribution is 5.37. The standard InChI is InChI=1S/C17H18FNO/c1-17(20,14-8-4-5-9-15(14)18)16-13-7-3-2-6-12(13)10-11-19-16/h2-9,16,19-20H,10-11H2,1H3. The van der Waals surface area contributed by atoms with E-state index in [4.69, 9.17) is 0 Å². The van der Waals surface area contributed by atoms with E-state index in [1.165, 1.54) is 11.6 Å². The van der Waals surface area contributed by atoms with Gasteiger partial charge in [0.2, 0.25) is 0 Å². The van der Waals surface area contributed by atoms with E-state index < -0.39 is 5.60 Å². The third-order valence-corrected chi connectivity index (χ3v) is 4.09. The summed E-state index contributed by atoms with van der Waals surface area (Å²) in [6.07, 6.45) is 0.931. The fourth-order valence-electron chi connectivity index (χ4n) is 3.03. The van der Waals surface area contributed by atoms with E-state index in [-0.39, 0.29) is 11.9 Å². The number of aliphatic hydroxyl groups is 1. The van der Waals surface area contributed by atoms with Crippen LogP contribution >= 0.6 is 0 Å². The molecule has 0 spiro atoms. The molecule has 104 valence electrons. The highest BCUT2D eigenvalue weighted by Gasteiger charge is 2.38. The normalized spacial score (nSPS) is 21.1. The molecule has 0 aromatic heterocycles. The van der Waals surface area contributed by atoms with Crippen molar-refractivity contribution >= 4 is 0 Å². The number of hydrogen-bond donors (Lipinski definition) is 2. The maximum atomic E-state index is 14.0. The fourth-order valence-corrected chi connectivity index (χ4v) is 3.03. The van der Waals surface area contributed by atoms with Gasteiger partial charge >= 0.3 is 0 Å². The fraction of sp³-hybridized carbons (Fsp3) is 0.294. The minimum absolute atomic E-state index is 0.302. The van der Waals surface area contributed by atoms with Crippen molar-refractivity contribution in [3.63, 3.8) is 0 Å². The van der Waals surface area contributed by atoms with Gasteiger partial charge in [-0.1, -0.05) is 42.5 Å². The zero-order valence-corrected chi connectivity index (χ0v) is 11.4. The topological polar surface area (TPSA) is 32.3 Å². The Bertz CT molecular complexity index is 624. The lowest BCUT2D eigenvalue weighted by Gasteiger charge is -2.38. The zero-order chi connectivity index (χ0) is 14.2. The summed E-state index contributed by atoms with van der Waals surface area (Å²) in [6.45, 7) is 2.46. The van der Waals surface area contributed by atoms with Crippen molar-refractivity contribution < 1.29 is 9.50 Å². The van der Waals surface area contributed by atoms with Gasteiger partial charge in [-0.2, -0.15) is 0 Å². The van der Waals surface area contributed by atoms with Crippen LogP contribution in [0.2, 0.25) is 0 Å². The SMILES string of the molecule is CC(O)(c1ccccc1F)C1NCCc2ccccc21. The van der Waals surface area contributed by atoms with Gasteiger partial charge in [0.15, 0.2) is 0 Å². The van der Waals surface area contributed by atoms with Crippen LogP contribution in [0.25, 0.3) is 0 Å². The third kappa shape index (κ3) is 2.13. The molecular formula is C17H18FNO. The van der Waals surface area contributed by atoms with Crippen LogP contribution in [0.1, 0.15) is 29.7 Å². The maximum absolute atomic E-state index is 14.0. The van der Waals surface area contributed by atoms with Crippen molar-refractivity contribution in [2.75, 3.05) is 6.54 Å².